The summed E-state index contributed by atoms with van der Waals surface area (Å²) in [5, 5.41) is 14.7. The van der Waals surface area contributed by atoms with Crippen LogP contribution >= 0.6 is 11.6 Å². The molecule has 0 amide bonds. The zero-order chi connectivity index (χ0) is 20.8. The zero-order valence-corrected chi connectivity index (χ0v) is 17.3. The SMILES string of the molecule is COc1ccc(-c2nnc3c4cnn(-c5ccc(C)c(Cl)c5)c4ncn23)cc1OC. The fraction of sp³-hybridized carbons (Fsp3) is 0.143. The molecule has 8 nitrogen and oxygen atoms in total. The minimum Gasteiger partial charge on any atom is -0.493 e. The molecule has 0 fully saturated rings. The molecule has 0 saturated heterocycles. The van der Waals surface area contributed by atoms with E-state index in [1.165, 1.54) is 0 Å². The molecule has 0 aliphatic carbocycles. The largest absolute Gasteiger partial charge is 0.493 e. The van der Waals surface area contributed by atoms with Gasteiger partial charge in [-0.25, -0.2) is 9.67 Å². The van der Waals surface area contributed by atoms with Gasteiger partial charge in [-0.1, -0.05) is 17.7 Å². The van der Waals surface area contributed by atoms with E-state index in [0.29, 0.717) is 33.6 Å². The van der Waals surface area contributed by atoms with E-state index in [0.717, 1.165) is 22.2 Å². The van der Waals surface area contributed by atoms with Crippen molar-refractivity contribution in [3.05, 3.63) is 59.5 Å². The Morgan fingerprint density at radius 3 is 2.53 bits per heavy atom. The van der Waals surface area contributed by atoms with Gasteiger partial charge in [0.1, 0.15) is 6.33 Å². The summed E-state index contributed by atoms with van der Waals surface area (Å²) >= 11 is 6.29. The predicted molar refractivity (Wildman–Crippen MR) is 114 cm³/mol. The van der Waals surface area contributed by atoms with Gasteiger partial charge in [-0.05, 0) is 42.8 Å². The Kier molecular flexibility index (Phi) is 4.29. The molecule has 30 heavy (non-hydrogen) atoms. The topological polar surface area (TPSA) is 79.4 Å². The Morgan fingerprint density at radius 2 is 1.77 bits per heavy atom. The first kappa shape index (κ1) is 18.4. The van der Waals surface area contributed by atoms with E-state index >= 15 is 0 Å². The van der Waals surface area contributed by atoms with Crippen LogP contribution in [0.5, 0.6) is 11.5 Å². The van der Waals surface area contributed by atoms with E-state index in [4.69, 9.17) is 21.1 Å². The molecule has 2 aromatic carbocycles. The van der Waals surface area contributed by atoms with Gasteiger partial charge in [0.2, 0.25) is 0 Å². The molecule has 3 heterocycles. The van der Waals surface area contributed by atoms with Crippen molar-refractivity contribution in [3.8, 4) is 28.6 Å². The fourth-order valence-corrected chi connectivity index (χ4v) is 3.57. The second-order valence-corrected chi connectivity index (χ2v) is 7.17. The average molecular weight is 421 g/mol. The average Bonchev–Trinajstić information content (AvgIpc) is 3.39. The van der Waals surface area contributed by atoms with Crippen LogP contribution < -0.4 is 9.47 Å². The van der Waals surface area contributed by atoms with E-state index in [2.05, 4.69) is 20.3 Å². The minimum atomic E-state index is 0.616. The molecular formula is C21H17ClN6O2. The maximum Gasteiger partial charge on any atom is 0.175 e. The van der Waals surface area contributed by atoms with Crippen molar-refractivity contribution in [1.29, 1.82) is 0 Å². The second kappa shape index (κ2) is 7.00. The van der Waals surface area contributed by atoms with Crippen LogP contribution in [0, 0.1) is 6.92 Å². The molecule has 0 bridgehead atoms. The third-order valence-corrected chi connectivity index (χ3v) is 5.42. The zero-order valence-electron chi connectivity index (χ0n) is 16.5. The molecule has 0 aliphatic heterocycles. The Hall–Kier alpha value is -3.65. The van der Waals surface area contributed by atoms with Crippen LogP contribution in [-0.4, -0.2) is 43.6 Å². The summed E-state index contributed by atoms with van der Waals surface area (Å²) in [6.07, 6.45) is 3.43. The van der Waals surface area contributed by atoms with Crippen molar-refractivity contribution in [2.45, 2.75) is 6.92 Å². The number of rotatable bonds is 4. The van der Waals surface area contributed by atoms with Gasteiger partial charge >= 0.3 is 0 Å². The summed E-state index contributed by atoms with van der Waals surface area (Å²) < 4.78 is 14.3. The molecule has 0 aliphatic rings. The molecule has 0 atom stereocenters. The first-order valence-corrected chi connectivity index (χ1v) is 9.55. The molecule has 0 radical (unpaired) electrons. The number of ether oxygens (including phenoxy) is 2. The van der Waals surface area contributed by atoms with Crippen molar-refractivity contribution in [3.63, 3.8) is 0 Å². The third kappa shape index (κ3) is 2.76. The Morgan fingerprint density at radius 1 is 0.933 bits per heavy atom. The summed E-state index contributed by atoms with van der Waals surface area (Å²) in [5.74, 6) is 1.91. The highest BCUT2D eigenvalue weighted by Gasteiger charge is 2.17. The van der Waals surface area contributed by atoms with Gasteiger partial charge in [0.05, 0.1) is 31.5 Å². The number of hydrogen-bond acceptors (Lipinski definition) is 6. The van der Waals surface area contributed by atoms with E-state index in [1.807, 2.05) is 47.7 Å². The highest BCUT2D eigenvalue weighted by molar-refractivity contribution is 6.31. The Bertz CT molecular complexity index is 1410. The summed E-state index contributed by atoms with van der Waals surface area (Å²) in [6.45, 7) is 1.96. The molecule has 0 unspecified atom stereocenters. The molecule has 0 spiro atoms. The Labute approximate surface area is 176 Å². The monoisotopic (exact) mass is 420 g/mol. The number of aromatic nitrogens is 6. The van der Waals surface area contributed by atoms with Crippen molar-refractivity contribution in [2.75, 3.05) is 14.2 Å². The smallest absolute Gasteiger partial charge is 0.175 e. The van der Waals surface area contributed by atoms with E-state index in [-0.39, 0.29) is 0 Å². The van der Waals surface area contributed by atoms with Crippen molar-refractivity contribution in [2.24, 2.45) is 0 Å². The number of hydrogen-bond donors (Lipinski definition) is 0. The molecule has 0 N–H and O–H groups in total. The van der Waals surface area contributed by atoms with E-state index in [9.17, 15) is 0 Å². The highest BCUT2D eigenvalue weighted by Crippen LogP contribution is 2.32. The summed E-state index contributed by atoms with van der Waals surface area (Å²) in [7, 11) is 3.20. The number of fused-ring (bicyclic) bond motifs is 3. The second-order valence-electron chi connectivity index (χ2n) is 6.76. The lowest BCUT2D eigenvalue weighted by atomic mass is 10.2. The molecule has 9 heteroatoms. The number of benzene rings is 2. The van der Waals surface area contributed by atoms with Gasteiger partial charge in [0.15, 0.2) is 28.6 Å². The van der Waals surface area contributed by atoms with Crippen LogP contribution in [0.1, 0.15) is 5.56 Å². The van der Waals surface area contributed by atoms with Crippen LogP contribution in [0.15, 0.2) is 48.9 Å². The molecule has 5 rings (SSSR count). The summed E-state index contributed by atoms with van der Waals surface area (Å²) in [5.41, 5.74) is 4.00. The van der Waals surface area contributed by atoms with Crippen LogP contribution in [0.3, 0.4) is 0 Å². The summed E-state index contributed by atoms with van der Waals surface area (Å²) in [6, 6.07) is 11.4. The quantitative estimate of drug-likeness (QED) is 0.435. The lowest BCUT2D eigenvalue weighted by molar-refractivity contribution is 0.355. The number of halogens is 1. The summed E-state index contributed by atoms with van der Waals surface area (Å²) in [4.78, 5) is 4.62. The van der Waals surface area contributed by atoms with Crippen LogP contribution in [-0.2, 0) is 0 Å². The standard InChI is InChI=1S/C21H17ClN6O2/c1-12-4-6-14(9-16(12)22)28-20-15(10-24-28)21-26-25-19(27(21)11-23-20)13-5-7-17(29-2)18(8-13)30-3/h4-11H,1-3H3. The number of nitrogens with zero attached hydrogens (tertiary/aromatic N) is 6. The highest BCUT2D eigenvalue weighted by atomic mass is 35.5. The van der Waals surface area contributed by atoms with Gasteiger partial charge in [0.25, 0.3) is 0 Å². The maximum atomic E-state index is 6.29. The Balaban J connectivity index is 1.66. The van der Waals surface area contributed by atoms with Gasteiger partial charge in [-0.15, -0.1) is 10.2 Å². The van der Waals surface area contributed by atoms with E-state index in [1.54, 1.807) is 31.4 Å². The van der Waals surface area contributed by atoms with Gasteiger partial charge in [0, 0.05) is 10.6 Å². The predicted octanol–water partition coefficient (Wildman–Crippen LogP) is 4.11. The first-order chi connectivity index (χ1) is 14.6. The van der Waals surface area contributed by atoms with Gasteiger partial charge < -0.3 is 9.47 Å². The molecule has 0 saturated carbocycles. The minimum absolute atomic E-state index is 0.616. The number of aryl methyl sites for hydroxylation is 1. The molecular weight excluding hydrogens is 404 g/mol. The normalized spacial score (nSPS) is 11.3. The van der Waals surface area contributed by atoms with Crippen LogP contribution in [0.2, 0.25) is 5.02 Å². The third-order valence-electron chi connectivity index (χ3n) is 5.02. The van der Waals surface area contributed by atoms with E-state index < -0.39 is 0 Å². The lowest BCUT2D eigenvalue weighted by Crippen LogP contribution is -1.99. The fourth-order valence-electron chi connectivity index (χ4n) is 3.40. The van der Waals surface area contributed by atoms with Crippen LogP contribution in [0.4, 0.5) is 0 Å². The van der Waals surface area contributed by atoms with Crippen molar-refractivity contribution >= 4 is 28.3 Å². The maximum absolute atomic E-state index is 6.29. The molecule has 3 aromatic heterocycles. The lowest BCUT2D eigenvalue weighted by Gasteiger charge is -2.09. The van der Waals surface area contributed by atoms with Gasteiger partial charge in [-0.3, -0.25) is 4.40 Å². The molecule has 150 valence electrons. The number of methoxy groups -OCH3 is 2. The van der Waals surface area contributed by atoms with Crippen molar-refractivity contribution < 1.29 is 9.47 Å². The van der Waals surface area contributed by atoms with Crippen LogP contribution in [0.25, 0.3) is 33.8 Å². The van der Waals surface area contributed by atoms with Crippen molar-refractivity contribution in [1.82, 2.24) is 29.4 Å². The first-order valence-electron chi connectivity index (χ1n) is 9.17. The van der Waals surface area contributed by atoms with Gasteiger partial charge in [-0.2, -0.15) is 5.10 Å². The molecule has 5 aromatic rings.